The number of ether oxygens (including phenoxy) is 5. The summed E-state index contributed by atoms with van der Waals surface area (Å²) < 4.78 is 27.9. The number of carbonyl (C=O) groups excluding carboxylic acids is 3. The summed E-state index contributed by atoms with van der Waals surface area (Å²) in [6.45, 7) is 11.6. The second kappa shape index (κ2) is 26.9. The molecular weight excluding hydrogens is 809 g/mol. The number of aromatic hydroxyl groups is 1. The first-order chi connectivity index (χ1) is 30.4. The van der Waals surface area contributed by atoms with Crippen LogP contribution in [0.15, 0.2) is 75.9 Å². The van der Waals surface area contributed by atoms with Gasteiger partial charge in [-0.3, -0.25) is 19.4 Å². The van der Waals surface area contributed by atoms with E-state index in [4.69, 9.17) is 45.6 Å². The number of anilines is 1. The van der Waals surface area contributed by atoms with Crippen LogP contribution in [0, 0.1) is 16.7 Å². The predicted molar refractivity (Wildman–Crippen MR) is 243 cm³/mol. The van der Waals surface area contributed by atoms with Gasteiger partial charge in [0.2, 0.25) is 0 Å². The van der Waals surface area contributed by atoms with Crippen LogP contribution < -0.4 is 22.1 Å². The fourth-order valence-electron chi connectivity index (χ4n) is 6.76. The van der Waals surface area contributed by atoms with E-state index in [2.05, 4.69) is 20.9 Å². The summed E-state index contributed by atoms with van der Waals surface area (Å²) >= 11 is 0. The van der Waals surface area contributed by atoms with Crippen LogP contribution in [0.2, 0.25) is 0 Å². The number of phenolic OH excluding ortho intramolecular Hbond substituents is 1. The van der Waals surface area contributed by atoms with E-state index in [0.29, 0.717) is 157 Å². The topological polar surface area (TPSA) is 255 Å². The lowest BCUT2D eigenvalue weighted by Crippen LogP contribution is -2.40. The lowest BCUT2D eigenvalue weighted by atomic mass is 9.70. The van der Waals surface area contributed by atoms with Crippen LogP contribution in [0.3, 0.4) is 0 Å². The molecule has 1 atom stereocenters. The highest BCUT2D eigenvalue weighted by Gasteiger charge is 2.39. The van der Waals surface area contributed by atoms with Crippen molar-refractivity contribution in [3.63, 3.8) is 0 Å². The third kappa shape index (κ3) is 18.1. The maximum atomic E-state index is 12.8. The van der Waals surface area contributed by atoms with E-state index in [-0.39, 0.29) is 28.6 Å². The molecular formula is C46H64N8O9. The first-order valence-electron chi connectivity index (χ1n) is 21.4. The SMILES string of the molecule is CC(=N)C1C(=O)CC(C)(C)CC1=Nc1ccc(C(N)=O)c(NCCCOCCOCCOCCOCCOCCCNC(=O)c2ccc(N=Nc3ccc(CCN)cc3O)cc2)c1. The number of primary amides is 1. The Morgan fingerprint density at radius 2 is 1.38 bits per heavy atom. The molecule has 17 heteroatoms. The highest BCUT2D eigenvalue weighted by molar-refractivity contribution is 6.23. The molecule has 0 aromatic heterocycles. The predicted octanol–water partition coefficient (Wildman–Crippen LogP) is 6.23. The number of hydrogen-bond donors (Lipinski definition) is 6. The van der Waals surface area contributed by atoms with Crippen molar-refractivity contribution in [2.45, 2.75) is 52.9 Å². The largest absolute Gasteiger partial charge is 0.506 e. The Morgan fingerprint density at radius 3 is 1.95 bits per heavy atom. The molecule has 0 saturated heterocycles. The van der Waals surface area contributed by atoms with Crippen molar-refractivity contribution in [3.05, 3.63) is 77.4 Å². The summed E-state index contributed by atoms with van der Waals surface area (Å²) in [5, 5.41) is 32.7. The number of azo groups is 1. The summed E-state index contributed by atoms with van der Waals surface area (Å²) in [6, 6.07) is 17.0. The monoisotopic (exact) mass is 872 g/mol. The van der Waals surface area contributed by atoms with Gasteiger partial charge in [-0.15, -0.1) is 5.11 Å². The Morgan fingerprint density at radius 1 is 0.794 bits per heavy atom. The van der Waals surface area contributed by atoms with Crippen LogP contribution in [-0.2, 0) is 34.9 Å². The summed E-state index contributed by atoms with van der Waals surface area (Å²) in [4.78, 5) is 42.2. The lowest BCUT2D eigenvalue weighted by molar-refractivity contribution is -0.122. The lowest BCUT2D eigenvalue weighted by Gasteiger charge is -2.34. The third-order valence-corrected chi connectivity index (χ3v) is 9.84. The highest BCUT2D eigenvalue weighted by atomic mass is 16.6. The molecule has 342 valence electrons. The van der Waals surface area contributed by atoms with Crippen molar-refractivity contribution in [1.82, 2.24) is 5.32 Å². The highest BCUT2D eigenvalue weighted by Crippen LogP contribution is 2.37. The van der Waals surface area contributed by atoms with Crippen LogP contribution in [-0.4, -0.2) is 120 Å². The standard InChI is InChI=1S/C46H64N8O9/c1-32(48)43-40(30-46(2,3)31-42(43)56)52-36-11-12-37(44(49)57)39(29-36)50-16-4-18-59-20-22-61-24-26-63-27-25-62-23-21-60-19-5-17-51-45(58)34-7-9-35(10-8-34)53-54-38-13-6-33(14-15-47)28-41(38)55/h6-13,28-29,43,48,50,55H,4-5,14-27,30-31,47H2,1-3H3,(H2,49,57)(H,51,58). The number of Topliss-reactive ketones (excluding diaryl/α,β-unsaturated/α-hetero) is 1. The van der Waals surface area contributed by atoms with E-state index in [0.717, 1.165) is 5.56 Å². The Balaban J connectivity index is 0.952. The zero-order chi connectivity index (χ0) is 45.5. The quantitative estimate of drug-likeness (QED) is 0.0259. The molecule has 4 rings (SSSR count). The molecule has 3 aromatic carbocycles. The number of nitrogens with zero attached hydrogens (tertiary/aromatic N) is 3. The molecule has 1 saturated carbocycles. The average Bonchev–Trinajstić information content (AvgIpc) is 3.23. The molecule has 0 radical (unpaired) electrons. The van der Waals surface area contributed by atoms with E-state index >= 15 is 0 Å². The molecule has 8 N–H and O–H groups in total. The minimum atomic E-state index is -0.620. The number of amides is 2. The van der Waals surface area contributed by atoms with Crippen LogP contribution in [0.1, 0.15) is 72.7 Å². The summed E-state index contributed by atoms with van der Waals surface area (Å²) in [5.41, 5.74) is 15.7. The summed E-state index contributed by atoms with van der Waals surface area (Å²) in [6.07, 6.45) is 3.01. The molecule has 1 fully saturated rings. The van der Waals surface area contributed by atoms with Crippen LogP contribution in [0.25, 0.3) is 0 Å². The number of hydrogen-bond acceptors (Lipinski definition) is 15. The van der Waals surface area contributed by atoms with Gasteiger partial charge in [0.05, 0.1) is 75.7 Å². The van der Waals surface area contributed by atoms with Crippen molar-refractivity contribution >= 4 is 51.8 Å². The van der Waals surface area contributed by atoms with Gasteiger partial charge in [-0.25, -0.2) is 0 Å². The van der Waals surface area contributed by atoms with E-state index in [1.165, 1.54) is 0 Å². The van der Waals surface area contributed by atoms with Gasteiger partial charge in [0.1, 0.15) is 17.2 Å². The summed E-state index contributed by atoms with van der Waals surface area (Å²) in [5.74, 6) is -1.33. The van der Waals surface area contributed by atoms with Crippen molar-refractivity contribution < 1.29 is 43.2 Å². The van der Waals surface area contributed by atoms with E-state index in [1.54, 1.807) is 61.5 Å². The van der Waals surface area contributed by atoms with Gasteiger partial charge in [-0.2, -0.15) is 5.11 Å². The number of nitrogens with two attached hydrogens (primary N) is 2. The first kappa shape index (κ1) is 50.2. The second-order valence-corrected chi connectivity index (χ2v) is 15.9. The number of benzene rings is 3. The number of carbonyl (C=O) groups is 3. The van der Waals surface area contributed by atoms with Crippen molar-refractivity contribution in [2.75, 3.05) is 91.0 Å². The molecule has 63 heavy (non-hydrogen) atoms. The molecule has 3 aromatic rings. The molecule has 0 heterocycles. The Labute approximate surface area is 369 Å². The van der Waals surface area contributed by atoms with Gasteiger partial charge in [0, 0.05) is 55.4 Å². The number of rotatable bonds is 29. The molecule has 1 aliphatic rings. The van der Waals surface area contributed by atoms with Gasteiger partial charge in [-0.1, -0.05) is 19.9 Å². The van der Waals surface area contributed by atoms with Gasteiger partial charge in [-0.05, 0) is 105 Å². The van der Waals surface area contributed by atoms with E-state index < -0.39 is 11.8 Å². The fourth-order valence-corrected chi connectivity index (χ4v) is 6.76. The Bertz CT molecular complexity index is 2010. The Hall–Kier alpha value is -5.43. The van der Waals surface area contributed by atoms with Gasteiger partial charge in [0.15, 0.2) is 0 Å². The van der Waals surface area contributed by atoms with Crippen LogP contribution in [0.4, 0.5) is 22.7 Å². The average molecular weight is 873 g/mol. The minimum Gasteiger partial charge on any atom is -0.506 e. The zero-order valence-corrected chi connectivity index (χ0v) is 36.8. The summed E-state index contributed by atoms with van der Waals surface area (Å²) in [7, 11) is 0. The van der Waals surface area contributed by atoms with E-state index in [9.17, 15) is 19.5 Å². The molecule has 0 bridgehead atoms. The molecule has 1 aliphatic carbocycles. The van der Waals surface area contributed by atoms with Crippen molar-refractivity contribution in [2.24, 2.45) is 38.0 Å². The second-order valence-electron chi connectivity index (χ2n) is 15.9. The molecule has 1 unspecified atom stereocenters. The Kier molecular flexibility index (Phi) is 21.5. The molecule has 17 nitrogen and oxygen atoms in total. The first-order valence-corrected chi connectivity index (χ1v) is 21.4. The number of phenols is 1. The normalized spacial score (nSPS) is 15.5. The third-order valence-electron chi connectivity index (χ3n) is 9.84. The fraction of sp³-hybridized carbons (Fsp3) is 0.500. The van der Waals surface area contributed by atoms with Crippen LogP contribution >= 0.6 is 0 Å². The number of aliphatic imine (C=N–C) groups is 1. The van der Waals surface area contributed by atoms with Gasteiger partial charge < -0.3 is 56.3 Å². The smallest absolute Gasteiger partial charge is 0.251 e. The van der Waals surface area contributed by atoms with Gasteiger partial charge >= 0.3 is 0 Å². The van der Waals surface area contributed by atoms with Crippen LogP contribution in [0.5, 0.6) is 5.75 Å². The maximum absolute atomic E-state index is 12.8. The van der Waals surface area contributed by atoms with E-state index in [1.807, 2.05) is 19.9 Å². The number of ketones is 1. The molecule has 0 spiro atoms. The van der Waals surface area contributed by atoms with Crippen molar-refractivity contribution in [3.8, 4) is 5.75 Å². The maximum Gasteiger partial charge on any atom is 0.251 e. The molecule has 2 amide bonds. The van der Waals surface area contributed by atoms with Gasteiger partial charge in [0.25, 0.3) is 11.8 Å². The molecule has 0 aliphatic heterocycles. The zero-order valence-electron chi connectivity index (χ0n) is 36.8. The van der Waals surface area contributed by atoms with Crippen molar-refractivity contribution in [1.29, 1.82) is 5.41 Å². The minimum absolute atomic E-state index is 0.00704. The number of nitrogens with one attached hydrogen (secondary N) is 3.